The molecule has 1 fully saturated rings. The molecule has 1 aliphatic rings. The molecule has 6 heteroatoms. The highest BCUT2D eigenvalue weighted by Gasteiger charge is 2.23. The van der Waals surface area contributed by atoms with Crippen LogP contribution < -0.4 is 10.2 Å². The first-order valence-electron chi connectivity index (χ1n) is 6.55. The lowest BCUT2D eigenvalue weighted by atomic mass is 10.1. The van der Waals surface area contributed by atoms with Crippen molar-refractivity contribution in [3.05, 3.63) is 30.3 Å². The lowest BCUT2D eigenvalue weighted by molar-refractivity contribution is -0.136. The summed E-state index contributed by atoms with van der Waals surface area (Å²) in [6, 6.07) is 8.77. The molecule has 0 radical (unpaired) electrons. The number of hydrogen-bond donors (Lipinski definition) is 2. The number of hydrogen-bond acceptors (Lipinski definition) is 4. The van der Waals surface area contributed by atoms with Crippen molar-refractivity contribution in [2.45, 2.75) is 12.5 Å². The van der Waals surface area contributed by atoms with Gasteiger partial charge in [0.1, 0.15) is 6.54 Å². The molecule has 108 valence electrons. The molecule has 1 aromatic carbocycles. The molecule has 0 aromatic heterocycles. The van der Waals surface area contributed by atoms with Crippen molar-refractivity contribution in [2.24, 2.45) is 0 Å². The number of anilines is 1. The Morgan fingerprint density at radius 1 is 1.35 bits per heavy atom. The third-order valence-electron chi connectivity index (χ3n) is 3.08. The molecule has 1 aliphatic heterocycles. The number of benzene rings is 1. The molecule has 2 N–H and O–H groups in total. The number of para-hydroxylation sites is 1. The zero-order valence-corrected chi connectivity index (χ0v) is 11.1. The van der Waals surface area contributed by atoms with Gasteiger partial charge in [0.15, 0.2) is 0 Å². The smallest absolute Gasteiger partial charge is 0.323 e. The summed E-state index contributed by atoms with van der Waals surface area (Å²) in [7, 11) is 0. The van der Waals surface area contributed by atoms with E-state index in [-0.39, 0.29) is 24.9 Å². The number of nitrogens with one attached hydrogen (secondary N) is 1. The van der Waals surface area contributed by atoms with Crippen LogP contribution in [-0.4, -0.2) is 49.3 Å². The molecule has 1 saturated heterocycles. The fraction of sp³-hybridized carbons (Fsp3) is 0.429. The number of carbonyl (C=O) groups is 2. The molecule has 20 heavy (non-hydrogen) atoms. The minimum absolute atomic E-state index is 0.0590. The zero-order chi connectivity index (χ0) is 14.4. The largest absolute Gasteiger partial charge is 0.480 e. The highest BCUT2D eigenvalue weighted by Crippen LogP contribution is 2.15. The van der Waals surface area contributed by atoms with Gasteiger partial charge in [-0.15, -0.1) is 0 Å². The van der Waals surface area contributed by atoms with Crippen LogP contribution in [0.3, 0.4) is 0 Å². The second kappa shape index (κ2) is 7.02. The number of amides is 1. The predicted molar refractivity (Wildman–Crippen MR) is 73.7 cm³/mol. The minimum Gasteiger partial charge on any atom is -0.480 e. The van der Waals surface area contributed by atoms with E-state index in [1.54, 1.807) is 24.3 Å². The Bertz CT molecular complexity index is 458. The number of rotatable bonds is 5. The number of carboxylic acids is 1. The zero-order valence-electron chi connectivity index (χ0n) is 11.1. The van der Waals surface area contributed by atoms with E-state index >= 15 is 0 Å². The monoisotopic (exact) mass is 278 g/mol. The topological polar surface area (TPSA) is 78.9 Å². The maximum atomic E-state index is 12.3. The predicted octanol–water partition coefficient (Wildman–Crippen LogP) is 0.483. The summed E-state index contributed by atoms with van der Waals surface area (Å²) in [4.78, 5) is 24.6. The first kappa shape index (κ1) is 14.5. The van der Waals surface area contributed by atoms with E-state index < -0.39 is 5.97 Å². The van der Waals surface area contributed by atoms with Crippen molar-refractivity contribution < 1.29 is 19.4 Å². The van der Waals surface area contributed by atoms with Crippen molar-refractivity contribution >= 4 is 17.6 Å². The molecule has 1 aromatic rings. The molecule has 0 saturated carbocycles. The minimum atomic E-state index is -1.03. The van der Waals surface area contributed by atoms with Crippen LogP contribution in [0.2, 0.25) is 0 Å². The Morgan fingerprint density at radius 3 is 2.70 bits per heavy atom. The average Bonchev–Trinajstić information content (AvgIpc) is 2.46. The van der Waals surface area contributed by atoms with Gasteiger partial charge in [-0.3, -0.25) is 9.59 Å². The summed E-state index contributed by atoms with van der Waals surface area (Å²) in [5.74, 6) is -1.25. The molecule has 1 amide bonds. The van der Waals surface area contributed by atoms with Crippen molar-refractivity contribution in [1.29, 1.82) is 0 Å². The van der Waals surface area contributed by atoms with Crippen molar-refractivity contribution in [3.8, 4) is 0 Å². The highest BCUT2D eigenvalue weighted by molar-refractivity contribution is 5.97. The van der Waals surface area contributed by atoms with Gasteiger partial charge in [0.25, 0.3) is 0 Å². The van der Waals surface area contributed by atoms with Crippen LogP contribution in [-0.2, 0) is 14.3 Å². The number of morpholine rings is 1. The Balaban J connectivity index is 2.05. The Kier molecular flexibility index (Phi) is 5.09. The number of nitrogens with zero attached hydrogens (tertiary/aromatic N) is 1. The van der Waals surface area contributed by atoms with E-state index in [0.29, 0.717) is 25.4 Å². The molecule has 0 spiro atoms. The van der Waals surface area contributed by atoms with Crippen LogP contribution in [0.25, 0.3) is 0 Å². The second-order valence-corrected chi connectivity index (χ2v) is 4.64. The Hall–Kier alpha value is -1.92. The van der Waals surface area contributed by atoms with E-state index in [4.69, 9.17) is 9.84 Å². The lowest BCUT2D eigenvalue weighted by Crippen LogP contribution is -2.46. The summed E-state index contributed by atoms with van der Waals surface area (Å²) in [6.45, 7) is 1.49. The summed E-state index contributed by atoms with van der Waals surface area (Å²) in [5.41, 5.74) is 0.594. The summed E-state index contributed by atoms with van der Waals surface area (Å²) >= 11 is 0. The van der Waals surface area contributed by atoms with Gasteiger partial charge in [0, 0.05) is 24.7 Å². The van der Waals surface area contributed by atoms with Gasteiger partial charge in [-0.1, -0.05) is 18.2 Å². The van der Waals surface area contributed by atoms with Gasteiger partial charge < -0.3 is 20.1 Å². The van der Waals surface area contributed by atoms with Crippen LogP contribution in [0, 0.1) is 0 Å². The number of carboxylic acid groups (broad SMARTS) is 1. The normalized spacial score (nSPS) is 18.5. The molecule has 1 atom stereocenters. The molecular weight excluding hydrogens is 260 g/mol. The van der Waals surface area contributed by atoms with Crippen molar-refractivity contribution in [3.63, 3.8) is 0 Å². The number of ether oxygens (including phenoxy) is 1. The SMILES string of the molecule is O=C(O)CN(C(=O)CC1COCCN1)c1ccccc1. The first-order chi connectivity index (χ1) is 9.66. The maximum absolute atomic E-state index is 12.3. The van der Waals surface area contributed by atoms with Crippen LogP contribution in [0.1, 0.15) is 6.42 Å². The average molecular weight is 278 g/mol. The van der Waals surface area contributed by atoms with Crippen LogP contribution in [0.15, 0.2) is 30.3 Å². The molecule has 6 nitrogen and oxygen atoms in total. The van der Waals surface area contributed by atoms with E-state index in [2.05, 4.69) is 5.32 Å². The second-order valence-electron chi connectivity index (χ2n) is 4.64. The summed E-state index contributed by atoms with van der Waals surface area (Å²) in [5, 5.41) is 12.2. The van der Waals surface area contributed by atoms with E-state index in [1.165, 1.54) is 4.90 Å². The van der Waals surface area contributed by atoms with Crippen LogP contribution >= 0.6 is 0 Å². The quantitative estimate of drug-likeness (QED) is 0.819. The summed E-state index contributed by atoms with van der Waals surface area (Å²) < 4.78 is 5.30. The molecule has 1 unspecified atom stereocenters. The Labute approximate surface area is 117 Å². The lowest BCUT2D eigenvalue weighted by Gasteiger charge is -2.27. The number of aliphatic carboxylic acids is 1. The fourth-order valence-corrected chi connectivity index (χ4v) is 2.14. The van der Waals surface area contributed by atoms with E-state index in [1.807, 2.05) is 6.07 Å². The molecule has 0 bridgehead atoms. The maximum Gasteiger partial charge on any atom is 0.323 e. The molecular formula is C14H18N2O4. The van der Waals surface area contributed by atoms with Gasteiger partial charge in [0.05, 0.1) is 13.2 Å². The van der Waals surface area contributed by atoms with E-state index in [9.17, 15) is 9.59 Å². The van der Waals surface area contributed by atoms with E-state index in [0.717, 1.165) is 0 Å². The molecule has 1 heterocycles. The van der Waals surface area contributed by atoms with Gasteiger partial charge >= 0.3 is 5.97 Å². The third kappa shape index (κ3) is 4.04. The molecule has 0 aliphatic carbocycles. The standard InChI is InChI=1S/C14H18N2O4/c17-13(8-11-10-20-7-6-15-11)16(9-14(18)19)12-4-2-1-3-5-12/h1-5,11,15H,6-10H2,(H,18,19). The fourth-order valence-electron chi connectivity index (χ4n) is 2.14. The van der Waals surface area contributed by atoms with Gasteiger partial charge in [-0.25, -0.2) is 0 Å². The van der Waals surface area contributed by atoms with Crippen LogP contribution in [0.5, 0.6) is 0 Å². The third-order valence-corrected chi connectivity index (χ3v) is 3.08. The van der Waals surface area contributed by atoms with Crippen LogP contribution in [0.4, 0.5) is 5.69 Å². The highest BCUT2D eigenvalue weighted by atomic mass is 16.5. The van der Waals surface area contributed by atoms with Gasteiger partial charge in [-0.05, 0) is 12.1 Å². The van der Waals surface area contributed by atoms with Crippen molar-refractivity contribution in [2.75, 3.05) is 31.2 Å². The van der Waals surface area contributed by atoms with Gasteiger partial charge in [-0.2, -0.15) is 0 Å². The Morgan fingerprint density at radius 2 is 2.10 bits per heavy atom. The first-order valence-corrected chi connectivity index (χ1v) is 6.55. The van der Waals surface area contributed by atoms with Gasteiger partial charge in [0.2, 0.25) is 5.91 Å². The number of carbonyl (C=O) groups excluding carboxylic acids is 1. The molecule has 2 rings (SSSR count). The summed E-state index contributed by atoms with van der Waals surface area (Å²) in [6.07, 6.45) is 0.224. The van der Waals surface area contributed by atoms with Crippen molar-refractivity contribution in [1.82, 2.24) is 5.32 Å².